The number of piperidine rings is 1. The lowest BCUT2D eigenvalue weighted by atomic mass is 9.94. The minimum atomic E-state index is -0.609. The molecule has 0 amide bonds. The lowest BCUT2D eigenvalue weighted by Gasteiger charge is -2.39. The van der Waals surface area contributed by atoms with E-state index in [9.17, 15) is 9.90 Å². The number of β-amino-alcohol motifs (C(OH)–C–C–N with tert-alkyl or cyclic N) is 1. The van der Waals surface area contributed by atoms with E-state index in [0.29, 0.717) is 6.54 Å². The van der Waals surface area contributed by atoms with Crippen LogP contribution in [0.1, 0.15) is 33.6 Å². The number of Topliss-reactive ketones (excluding diaryl/α,β-unsaturated/α-hetero) is 1. The van der Waals surface area contributed by atoms with Crippen molar-refractivity contribution in [1.82, 2.24) is 4.90 Å². The summed E-state index contributed by atoms with van der Waals surface area (Å²) in [5.41, 5.74) is -0.609. The standard InChI is InChI=1S/C10H19NO2/c1-8(9(2)12)11-6-4-5-10(3,13)7-11/h8,13H,4-7H2,1-3H3. The molecule has 0 aliphatic carbocycles. The molecule has 0 bridgehead atoms. The van der Waals surface area contributed by atoms with E-state index in [1.54, 1.807) is 6.92 Å². The second-order valence-electron chi connectivity index (χ2n) is 4.36. The lowest BCUT2D eigenvalue weighted by molar-refractivity contribution is -0.124. The summed E-state index contributed by atoms with van der Waals surface area (Å²) in [7, 11) is 0. The zero-order valence-corrected chi connectivity index (χ0v) is 8.71. The van der Waals surface area contributed by atoms with Crippen LogP contribution in [0, 0.1) is 0 Å². The van der Waals surface area contributed by atoms with E-state index in [1.165, 1.54) is 0 Å². The van der Waals surface area contributed by atoms with Crippen molar-refractivity contribution in [2.45, 2.75) is 45.3 Å². The van der Waals surface area contributed by atoms with Crippen molar-refractivity contribution in [3.63, 3.8) is 0 Å². The minimum absolute atomic E-state index is 0.0493. The fourth-order valence-electron chi connectivity index (χ4n) is 1.85. The number of carbonyl (C=O) groups excluding carboxylic acids is 1. The highest BCUT2D eigenvalue weighted by atomic mass is 16.3. The van der Waals surface area contributed by atoms with Crippen molar-refractivity contribution < 1.29 is 9.90 Å². The molecule has 3 nitrogen and oxygen atoms in total. The van der Waals surface area contributed by atoms with Crippen LogP contribution in [0.25, 0.3) is 0 Å². The summed E-state index contributed by atoms with van der Waals surface area (Å²) in [5.74, 6) is 0.178. The number of likely N-dealkylation sites (tertiary alicyclic amines) is 1. The van der Waals surface area contributed by atoms with Crippen LogP contribution < -0.4 is 0 Å². The summed E-state index contributed by atoms with van der Waals surface area (Å²) in [6.07, 6.45) is 1.82. The third kappa shape index (κ3) is 2.78. The van der Waals surface area contributed by atoms with E-state index in [0.717, 1.165) is 19.4 Å². The Labute approximate surface area is 79.7 Å². The van der Waals surface area contributed by atoms with Gasteiger partial charge in [0.2, 0.25) is 0 Å². The Balaban J connectivity index is 2.56. The highest BCUT2D eigenvalue weighted by Crippen LogP contribution is 2.21. The predicted molar refractivity (Wildman–Crippen MR) is 51.6 cm³/mol. The van der Waals surface area contributed by atoms with Crippen molar-refractivity contribution in [3.8, 4) is 0 Å². The molecule has 1 heterocycles. The maximum Gasteiger partial charge on any atom is 0.146 e. The van der Waals surface area contributed by atoms with Crippen molar-refractivity contribution >= 4 is 5.78 Å². The Morgan fingerprint density at radius 3 is 2.69 bits per heavy atom. The van der Waals surface area contributed by atoms with Crippen molar-refractivity contribution in [2.75, 3.05) is 13.1 Å². The number of ketones is 1. The van der Waals surface area contributed by atoms with Gasteiger partial charge in [0.05, 0.1) is 11.6 Å². The maximum absolute atomic E-state index is 11.1. The predicted octanol–water partition coefficient (Wildman–Crippen LogP) is 0.811. The van der Waals surface area contributed by atoms with Crippen LogP contribution in [0.2, 0.25) is 0 Å². The zero-order chi connectivity index (χ0) is 10.1. The molecule has 13 heavy (non-hydrogen) atoms. The lowest BCUT2D eigenvalue weighted by Crippen LogP contribution is -2.51. The summed E-state index contributed by atoms with van der Waals surface area (Å²) in [5, 5.41) is 9.82. The summed E-state index contributed by atoms with van der Waals surface area (Å²) < 4.78 is 0. The smallest absolute Gasteiger partial charge is 0.146 e. The largest absolute Gasteiger partial charge is 0.389 e. The molecular formula is C10H19NO2. The minimum Gasteiger partial charge on any atom is -0.389 e. The average Bonchev–Trinajstić information content (AvgIpc) is 2.01. The van der Waals surface area contributed by atoms with Gasteiger partial charge in [0, 0.05) is 6.54 Å². The maximum atomic E-state index is 11.1. The molecule has 0 aromatic carbocycles. The Hall–Kier alpha value is -0.410. The molecule has 3 heteroatoms. The van der Waals surface area contributed by atoms with Gasteiger partial charge in [0.25, 0.3) is 0 Å². The van der Waals surface area contributed by atoms with E-state index in [-0.39, 0.29) is 11.8 Å². The molecule has 2 atom stereocenters. The SMILES string of the molecule is CC(=O)C(C)N1CCCC(C)(O)C1. The first-order chi connectivity index (χ1) is 5.92. The van der Waals surface area contributed by atoms with Gasteiger partial charge in [-0.15, -0.1) is 0 Å². The second kappa shape index (κ2) is 3.76. The Bertz CT molecular complexity index is 201. The van der Waals surface area contributed by atoms with Crippen LogP contribution in [-0.2, 0) is 4.79 Å². The fourth-order valence-corrected chi connectivity index (χ4v) is 1.85. The van der Waals surface area contributed by atoms with Gasteiger partial charge in [0.15, 0.2) is 0 Å². The first-order valence-corrected chi connectivity index (χ1v) is 4.89. The Morgan fingerprint density at radius 1 is 1.62 bits per heavy atom. The molecule has 1 aliphatic rings. The van der Waals surface area contributed by atoms with E-state index in [2.05, 4.69) is 4.90 Å². The summed E-state index contributed by atoms with van der Waals surface area (Å²) in [6, 6.07) is -0.0493. The number of nitrogens with zero attached hydrogens (tertiary/aromatic N) is 1. The summed E-state index contributed by atoms with van der Waals surface area (Å²) in [6.45, 7) is 6.90. The molecule has 1 fully saturated rings. The highest BCUT2D eigenvalue weighted by Gasteiger charge is 2.31. The first-order valence-electron chi connectivity index (χ1n) is 4.89. The molecule has 1 N–H and O–H groups in total. The van der Waals surface area contributed by atoms with Gasteiger partial charge in [-0.3, -0.25) is 9.69 Å². The van der Waals surface area contributed by atoms with Gasteiger partial charge in [-0.25, -0.2) is 0 Å². The average molecular weight is 185 g/mol. The van der Waals surface area contributed by atoms with Crippen molar-refractivity contribution in [2.24, 2.45) is 0 Å². The summed E-state index contributed by atoms with van der Waals surface area (Å²) in [4.78, 5) is 13.2. The van der Waals surface area contributed by atoms with Gasteiger partial charge < -0.3 is 5.11 Å². The molecule has 0 aromatic heterocycles. The Morgan fingerprint density at radius 2 is 2.23 bits per heavy atom. The van der Waals surface area contributed by atoms with Gasteiger partial charge in [-0.1, -0.05) is 0 Å². The van der Waals surface area contributed by atoms with Gasteiger partial charge in [-0.05, 0) is 40.2 Å². The monoisotopic (exact) mass is 185 g/mol. The quantitative estimate of drug-likeness (QED) is 0.692. The van der Waals surface area contributed by atoms with E-state index in [1.807, 2.05) is 13.8 Å². The molecule has 0 aromatic rings. The third-order valence-corrected chi connectivity index (χ3v) is 2.84. The normalized spacial score (nSPS) is 32.9. The molecule has 1 saturated heterocycles. The first kappa shape index (κ1) is 10.7. The second-order valence-corrected chi connectivity index (χ2v) is 4.36. The molecule has 0 spiro atoms. The molecule has 76 valence electrons. The molecule has 0 radical (unpaired) electrons. The van der Waals surface area contributed by atoms with Gasteiger partial charge >= 0.3 is 0 Å². The third-order valence-electron chi connectivity index (χ3n) is 2.84. The van der Waals surface area contributed by atoms with Gasteiger partial charge in [0.1, 0.15) is 5.78 Å². The highest BCUT2D eigenvalue weighted by molar-refractivity contribution is 5.80. The topological polar surface area (TPSA) is 40.5 Å². The number of hydrogen-bond acceptors (Lipinski definition) is 3. The van der Waals surface area contributed by atoms with Crippen LogP contribution in [0.4, 0.5) is 0 Å². The number of carbonyl (C=O) groups is 1. The number of rotatable bonds is 2. The molecule has 1 aliphatic heterocycles. The zero-order valence-electron chi connectivity index (χ0n) is 8.71. The van der Waals surface area contributed by atoms with Crippen LogP contribution >= 0.6 is 0 Å². The van der Waals surface area contributed by atoms with Gasteiger partial charge in [-0.2, -0.15) is 0 Å². The Kier molecular flexibility index (Phi) is 3.09. The van der Waals surface area contributed by atoms with Crippen molar-refractivity contribution in [3.05, 3.63) is 0 Å². The van der Waals surface area contributed by atoms with E-state index >= 15 is 0 Å². The van der Waals surface area contributed by atoms with E-state index < -0.39 is 5.60 Å². The fraction of sp³-hybridized carbons (Fsp3) is 0.900. The molecule has 2 unspecified atom stereocenters. The van der Waals surface area contributed by atoms with E-state index in [4.69, 9.17) is 0 Å². The van der Waals surface area contributed by atoms with Crippen LogP contribution in [-0.4, -0.2) is 40.5 Å². The van der Waals surface area contributed by atoms with Crippen LogP contribution in [0.3, 0.4) is 0 Å². The number of hydrogen-bond donors (Lipinski definition) is 1. The van der Waals surface area contributed by atoms with Crippen LogP contribution in [0.5, 0.6) is 0 Å². The summed E-state index contributed by atoms with van der Waals surface area (Å²) >= 11 is 0. The molecular weight excluding hydrogens is 166 g/mol. The van der Waals surface area contributed by atoms with Crippen LogP contribution in [0.15, 0.2) is 0 Å². The molecule has 1 rings (SSSR count). The number of aliphatic hydroxyl groups is 1. The van der Waals surface area contributed by atoms with Crippen molar-refractivity contribution in [1.29, 1.82) is 0 Å². The molecule has 0 saturated carbocycles.